The summed E-state index contributed by atoms with van der Waals surface area (Å²) in [6, 6.07) is 19.6. The number of aromatic nitrogens is 2. The van der Waals surface area contributed by atoms with E-state index in [-0.39, 0.29) is 41.8 Å². The quantitative estimate of drug-likeness (QED) is 0.526. The lowest BCUT2D eigenvalue weighted by Crippen LogP contribution is -2.50. The maximum absolute atomic E-state index is 14.1. The molecule has 0 radical (unpaired) electrons. The van der Waals surface area contributed by atoms with Gasteiger partial charge >= 0.3 is 0 Å². The van der Waals surface area contributed by atoms with Crippen molar-refractivity contribution < 1.29 is 9.59 Å². The summed E-state index contributed by atoms with van der Waals surface area (Å²) in [7, 11) is 0. The van der Waals surface area contributed by atoms with E-state index < -0.39 is 0 Å². The van der Waals surface area contributed by atoms with E-state index in [1.165, 1.54) is 5.56 Å². The minimum absolute atomic E-state index is 0.0145. The summed E-state index contributed by atoms with van der Waals surface area (Å²) in [5, 5.41) is 14.2. The highest BCUT2D eigenvalue weighted by atomic mass is 16.2. The van der Waals surface area contributed by atoms with Gasteiger partial charge in [0.15, 0.2) is 0 Å². The predicted molar refractivity (Wildman–Crippen MR) is 134 cm³/mol. The molecular weight excluding hydrogens is 438 g/mol. The normalized spacial score (nSPS) is 27.4. The second-order valence-electron chi connectivity index (χ2n) is 9.99. The topological polar surface area (TPSA) is 90.1 Å². The van der Waals surface area contributed by atoms with Gasteiger partial charge in [-0.2, -0.15) is 5.10 Å². The molecule has 0 spiro atoms. The summed E-state index contributed by atoms with van der Waals surface area (Å²) in [4.78, 5) is 29.1. The molecule has 0 unspecified atom stereocenters. The van der Waals surface area contributed by atoms with Crippen molar-refractivity contribution >= 4 is 17.5 Å². The molecule has 1 saturated heterocycles. The molecule has 7 nitrogen and oxygen atoms in total. The number of likely N-dealkylation sites (tertiary alicyclic amines) is 1. The molecule has 35 heavy (non-hydrogen) atoms. The van der Waals surface area contributed by atoms with E-state index in [1.807, 2.05) is 42.5 Å². The Bertz CT molecular complexity index is 1200. The van der Waals surface area contributed by atoms with Gasteiger partial charge in [0, 0.05) is 36.0 Å². The van der Waals surface area contributed by atoms with Crippen molar-refractivity contribution in [1.82, 2.24) is 20.4 Å². The number of fused-ring (bicyclic) bond motifs is 3. The molecule has 3 aromatic rings. The number of hydrogen-bond donors (Lipinski definition) is 3. The number of hydrogen-bond acceptors (Lipinski definition) is 4. The van der Waals surface area contributed by atoms with Crippen LogP contribution in [0.1, 0.15) is 65.8 Å². The minimum Gasteiger partial charge on any atom is -0.376 e. The Morgan fingerprint density at radius 3 is 2.57 bits per heavy atom. The van der Waals surface area contributed by atoms with Crippen LogP contribution >= 0.6 is 0 Å². The van der Waals surface area contributed by atoms with Gasteiger partial charge in [0.05, 0.1) is 23.7 Å². The molecule has 2 aromatic carbocycles. The van der Waals surface area contributed by atoms with Gasteiger partial charge in [0.25, 0.3) is 5.91 Å². The molecule has 2 aliphatic heterocycles. The van der Waals surface area contributed by atoms with Crippen molar-refractivity contribution in [3.63, 3.8) is 0 Å². The first kappa shape index (κ1) is 21.9. The van der Waals surface area contributed by atoms with E-state index >= 15 is 0 Å². The molecule has 2 amide bonds. The fourth-order valence-electron chi connectivity index (χ4n) is 6.37. The Hall–Kier alpha value is -3.61. The first-order valence-electron chi connectivity index (χ1n) is 12.7. The van der Waals surface area contributed by atoms with E-state index in [9.17, 15) is 9.59 Å². The smallest absolute Gasteiger partial charge is 0.251 e. The highest BCUT2D eigenvalue weighted by Gasteiger charge is 2.48. The average Bonchev–Trinajstić information content (AvgIpc) is 3.60. The van der Waals surface area contributed by atoms with Gasteiger partial charge < -0.3 is 15.5 Å². The van der Waals surface area contributed by atoms with Gasteiger partial charge in [-0.15, -0.1) is 0 Å². The Morgan fingerprint density at radius 1 is 0.943 bits per heavy atom. The van der Waals surface area contributed by atoms with Crippen LogP contribution in [-0.4, -0.2) is 39.5 Å². The molecule has 1 saturated carbocycles. The molecule has 3 heterocycles. The number of anilines is 1. The number of para-hydroxylation sites is 1. The lowest BCUT2D eigenvalue weighted by molar-refractivity contribution is -0.138. The number of carbonyl (C=O) groups excluding carboxylic acids is 2. The molecule has 0 bridgehead atoms. The summed E-state index contributed by atoms with van der Waals surface area (Å²) in [5.74, 6) is 0.148. The number of aromatic amines is 1. The SMILES string of the molecule is O=C(N[C@@H]1CCCC[C@@H]1C(=O)N1CC[C@@H]2[C@H](c3ccn[nH]3)Nc3ccccc3[C@@H]21)c1ccccc1. The Kier molecular flexibility index (Phi) is 5.76. The predicted octanol–water partition coefficient (Wildman–Crippen LogP) is 4.45. The number of nitrogens with one attached hydrogen (secondary N) is 3. The van der Waals surface area contributed by atoms with E-state index in [1.54, 1.807) is 6.20 Å². The van der Waals surface area contributed by atoms with Crippen LogP contribution in [0.4, 0.5) is 5.69 Å². The molecule has 2 fully saturated rings. The van der Waals surface area contributed by atoms with Crippen molar-refractivity contribution in [3.05, 3.63) is 83.7 Å². The Labute approximate surface area is 205 Å². The van der Waals surface area contributed by atoms with E-state index in [0.717, 1.165) is 50.0 Å². The number of H-pyrrole nitrogens is 1. The zero-order valence-corrected chi connectivity index (χ0v) is 19.7. The van der Waals surface area contributed by atoms with Crippen LogP contribution in [0.15, 0.2) is 66.9 Å². The molecule has 5 atom stereocenters. The van der Waals surface area contributed by atoms with Crippen molar-refractivity contribution in [2.45, 2.75) is 50.2 Å². The van der Waals surface area contributed by atoms with Crippen LogP contribution in [0.3, 0.4) is 0 Å². The molecule has 3 N–H and O–H groups in total. The third-order valence-electron chi connectivity index (χ3n) is 8.04. The number of carbonyl (C=O) groups is 2. The number of benzene rings is 2. The zero-order valence-electron chi connectivity index (χ0n) is 19.7. The van der Waals surface area contributed by atoms with Crippen LogP contribution in [0.2, 0.25) is 0 Å². The highest BCUT2D eigenvalue weighted by molar-refractivity contribution is 5.94. The van der Waals surface area contributed by atoms with Gasteiger partial charge in [-0.25, -0.2) is 0 Å². The van der Waals surface area contributed by atoms with Gasteiger partial charge in [-0.05, 0) is 49.1 Å². The lowest BCUT2D eigenvalue weighted by atomic mass is 9.80. The van der Waals surface area contributed by atoms with Crippen molar-refractivity contribution in [1.29, 1.82) is 0 Å². The molecule has 6 rings (SSSR count). The molecule has 180 valence electrons. The second-order valence-corrected chi connectivity index (χ2v) is 9.99. The maximum atomic E-state index is 14.1. The molecular formula is C28H31N5O2. The largest absolute Gasteiger partial charge is 0.376 e. The number of rotatable bonds is 4. The third-order valence-corrected chi connectivity index (χ3v) is 8.04. The maximum Gasteiger partial charge on any atom is 0.251 e. The van der Waals surface area contributed by atoms with E-state index in [2.05, 4.69) is 43.9 Å². The van der Waals surface area contributed by atoms with Crippen LogP contribution in [0.5, 0.6) is 0 Å². The van der Waals surface area contributed by atoms with Crippen molar-refractivity contribution in [2.24, 2.45) is 11.8 Å². The van der Waals surface area contributed by atoms with E-state index in [4.69, 9.17) is 0 Å². The van der Waals surface area contributed by atoms with Crippen molar-refractivity contribution in [2.75, 3.05) is 11.9 Å². The summed E-state index contributed by atoms with van der Waals surface area (Å²) >= 11 is 0. The third kappa shape index (κ3) is 3.99. The highest BCUT2D eigenvalue weighted by Crippen LogP contribution is 2.51. The monoisotopic (exact) mass is 469 g/mol. The number of nitrogens with zero attached hydrogens (tertiary/aromatic N) is 2. The molecule has 1 aromatic heterocycles. The average molecular weight is 470 g/mol. The lowest BCUT2D eigenvalue weighted by Gasteiger charge is -2.41. The second kappa shape index (κ2) is 9.21. The molecule has 1 aliphatic carbocycles. The molecule has 7 heteroatoms. The van der Waals surface area contributed by atoms with Crippen LogP contribution in [0, 0.1) is 11.8 Å². The standard InChI is InChI=1S/C28H31N5O2/c34-27(18-8-2-1-3-9-18)31-23-13-7-5-11-20(23)28(35)33-17-15-21-25(24-14-16-29-32-24)30-22-12-6-4-10-19(22)26(21)33/h1-4,6,8-10,12,14,16,20-21,23,25-26,30H,5,7,11,13,15,17H2,(H,29,32)(H,31,34)/t20-,21+,23+,25+,26-/m0/s1. The summed E-state index contributed by atoms with van der Waals surface area (Å²) < 4.78 is 0. The Morgan fingerprint density at radius 2 is 1.74 bits per heavy atom. The van der Waals surface area contributed by atoms with Gasteiger partial charge in [0.1, 0.15) is 0 Å². The minimum atomic E-state index is -0.192. The molecule has 3 aliphatic rings. The van der Waals surface area contributed by atoms with Gasteiger partial charge in [-0.1, -0.05) is 49.2 Å². The summed E-state index contributed by atoms with van der Waals surface area (Å²) in [5.41, 5.74) is 3.94. The van der Waals surface area contributed by atoms with Crippen LogP contribution < -0.4 is 10.6 Å². The fourth-order valence-corrected chi connectivity index (χ4v) is 6.37. The summed E-state index contributed by atoms with van der Waals surface area (Å²) in [6.07, 6.45) is 6.42. The fraction of sp³-hybridized carbons (Fsp3) is 0.393. The number of amides is 2. The van der Waals surface area contributed by atoms with Gasteiger partial charge in [0.2, 0.25) is 5.91 Å². The van der Waals surface area contributed by atoms with Crippen molar-refractivity contribution in [3.8, 4) is 0 Å². The first-order valence-corrected chi connectivity index (χ1v) is 12.7. The van der Waals surface area contributed by atoms with Gasteiger partial charge in [-0.3, -0.25) is 14.7 Å². The van der Waals surface area contributed by atoms with Crippen LogP contribution in [0.25, 0.3) is 0 Å². The summed E-state index contributed by atoms with van der Waals surface area (Å²) in [6.45, 7) is 0.727. The van der Waals surface area contributed by atoms with Crippen LogP contribution in [-0.2, 0) is 4.79 Å². The first-order chi connectivity index (χ1) is 17.2. The van der Waals surface area contributed by atoms with E-state index in [0.29, 0.717) is 5.56 Å². The Balaban J connectivity index is 1.27. The zero-order chi connectivity index (χ0) is 23.8.